The number of benzene rings is 2. The first-order valence-corrected chi connectivity index (χ1v) is 10.4. The Labute approximate surface area is 186 Å². The van der Waals surface area contributed by atoms with Gasteiger partial charge in [0.1, 0.15) is 5.75 Å². The fourth-order valence-electron chi connectivity index (χ4n) is 3.90. The number of fused-ring (bicyclic) bond motifs is 2. The van der Waals surface area contributed by atoms with E-state index in [4.69, 9.17) is 16.1 Å². The number of hydrogen-bond donors (Lipinski definition) is 2. The van der Waals surface area contributed by atoms with E-state index in [0.29, 0.717) is 12.0 Å². The van der Waals surface area contributed by atoms with Crippen molar-refractivity contribution < 1.29 is 14.3 Å². The minimum Gasteiger partial charge on any atom is -0.497 e. The fraction of sp³-hybridized carbons (Fsp3) is 0.192. The number of para-hydroxylation sites is 1. The van der Waals surface area contributed by atoms with Crippen LogP contribution in [0.15, 0.2) is 48.5 Å². The predicted octanol–water partition coefficient (Wildman–Crippen LogP) is 3.21. The van der Waals surface area contributed by atoms with Crippen molar-refractivity contribution in [3.63, 3.8) is 0 Å². The van der Waals surface area contributed by atoms with E-state index in [2.05, 4.69) is 22.6 Å². The van der Waals surface area contributed by atoms with E-state index < -0.39 is 0 Å². The maximum Gasteiger partial charge on any atom is 0.252 e. The summed E-state index contributed by atoms with van der Waals surface area (Å²) >= 11 is 0. The van der Waals surface area contributed by atoms with E-state index in [0.717, 1.165) is 45.5 Å². The van der Waals surface area contributed by atoms with Crippen LogP contribution in [-0.2, 0) is 11.2 Å². The number of rotatable bonds is 6. The molecule has 0 unspecified atom stereocenters. The van der Waals surface area contributed by atoms with Gasteiger partial charge in [-0.3, -0.25) is 9.59 Å². The summed E-state index contributed by atoms with van der Waals surface area (Å²) in [6.07, 6.45) is 8.75. The monoisotopic (exact) mass is 425 g/mol. The van der Waals surface area contributed by atoms with Crippen molar-refractivity contribution in [2.45, 2.75) is 12.8 Å². The molecule has 3 aromatic rings. The van der Waals surface area contributed by atoms with Gasteiger partial charge in [-0.1, -0.05) is 36.3 Å². The van der Waals surface area contributed by atoms with Crippen LogP contribution in [0.5, 0.6) is 5.75 Å². The first-order chi connectivity index (χ1) is 15.6. The van der Waals surface area contributed by atoms with Crippen molar-refractivity contribution >= 4 is 34.4 Å². The highest BCUT2D eigenvalue weighted by Gasteiger charge is 2.26. The standard InChI is InChI=1S/C26H23N3O3/c1-3-14-27-23(30)16-28-26(31)24-20-6-4-5-7-22(20)29-25-18(10-13-21(24)25)15-17-8-11-19(32-2)12-9-17/h1,4-9,11-12,15H,10,13-14,16H2,2H3,(H,27,30)(H,28,31)/b18-15-. The van der Waals surface area contributed by atoms with Crippen LogP contribution in [0.25, 0.3) is 22.6 Å². The Morgan fingerprint density at radius 1 is 1.12 bits per heavy atom. The third-order valence-electron chi connectivity index (χ3n) is 5.42. The van der Waals surface area contributed by atoms with Crippen molar-refractivity contribution in [1.82, 2.24) is 15.6 Å². The number of ether oxygens (including phenoxy) is 1. The maximum absolute atomic E-state index is 13.1. The molecule has 0 fully saturated rings. The number of amides is 2. The number of carbonyl (C=O) groups excluding carboxylic acids is 2. The summed E-state index contributed by atoms with van der Waals surface area (Å²) in [5.41, 5.74) is 5.19. The Bertz CT molecular complexity index is 1250. The summed E-state index contributed by atoms with van der Waals surface area (Å²) in [5, 5.41) is 6.05. The van der Waals surface area contributed by atoms with Gasteiger partial charge < -0.3 is 15.4 Å². The van der Waals surface area contributed by atoms with Crippen LogP contribution in [-0.4, -0.2) is 37.0 Å². The van der Waals surface area contributed by atoms with Gasteiger partial charge in [0.05, 0.1) is 37.0 Å². The number of carbonyl (C=O) groups is 2. The second kappa shape index (κ2) is 9.36. The molecule has 2 N–H and O–H groups in total. The molecule has 1 heterocycles. The number of allylic oxidation sites excluding steroid dienone is 1. The molecule has 4 rings (SSSR count). The Hall–Kier alpha value is -4.11. The minimum absolute atomic E-state index is 0.127. The summed E-state index contributed by atoms with van der Waals surface area (Å²) in [6, 6.07) is 15.4. The van der Waals surface area contributed by atoms with Gasteiger partial charge in [0.2, 0.25) is 5.91 Å². The van der Waals surface area contributed by atoms with Crippen LogP contribution in [0.3, 0.4) is 0 Å². The lowest BCUT2D eigenvalue weighted by Gasteiger charge is -2.13. The van der Waals surface area contributed by atoms with E-state index in [-0.39, 0.29) is 24.9 Å². The van der Waals surface area contributed by atoms with Crippen molar-refractivity contribution in [3.05, 3.63) is 70.9 Å². The second-order valence-electron chi connectivity index (χ2n) is 7.44. The van der Waals surface area contributed by atoms with E-state index in [9.17, 15) is 9.59 Å². The van der Waals surface area contributed by atoms with Gasteiger partial charge in [-0.15, -0.1) is 6.42 Å². The highest BCUT2D eigenvalue weighted by molar-refractivity contribution is 6.10. The molecule has 1 aliphatic carbocycles. The minimum atomic E-state index is -0.327. The summed E-state index contributed by atoms with van der Waals surface area (Å²) in [7, 11) is 1.64. The van der Waals surface area contributed by atoms with Crippen LogP contribution in [0.1, 0.15) is 33.6 Å². The lowest BCUT2D eigenvalue weighted by molar-refractivity contribution is -0.119. The Kier molecular flexibility index (Phi) is 6.18. The van der Waals surface area contributed by atoms with Crippen molar-refractivity contribution in [1.29, 1.82) is 0 Å². The summed E-state index contributed by atoms with van der Waals surface area (Å²) < 4.78 is 5.23. The third-order valence-corrected chi connectivity index (χ3v) is 5.42. The number of terminal acetylenes is 1. The molecule has 0 atom stereocenters. The second-order valence-corrected chi connectivity index (χ2v) is 7.44. The topological polar surface area (TPSA) is 80.3 Å². The number of methoxy groups -OCH3 is 1. The molecule has 32 heavy (non-hydrogen) atoms. The number of nitrogens with one attached hydrogen (secondary N) is 2. The van der Waals surface area contributed by atoms with Crippen LogP contribution in [0.4, 0.5) is 0 Å². The lowest BCUT2D eigenvalue weighted by Crippen LogP contribution is -2.37. The molecular formula is C26H23N3O3. The van der Waals surface area contributed by atoms with E-state index in [1.165, 1.54) is 0 Å². The van der Waals surface area contributed by atoms with Gasteiger partial charge in [0, 0.05) is 5.39 Å². The molecule has 0 saturated heterocycles. The molecule has 0 saturated carbocycles. The van der Waals surface area contributed by atoms with Crippen LogP contribution in [0.2, 0.25) is 0 Å². The number of aromatic nitrogens is 1. The number of hydrogen-bond acceptors (Lipinski definition) is 4. The molecule has 0 radical (unpaired) electrons. The Morgan fingerprint density at radius 2 is 1.91 bits per heavy atom. The van der Waals surface area contributed by atoms with Gasteiger partial charge in [-0.2, -0.15) is 0 Å². The summed E-state index contributed by atoms with van der Waals surface area (Å²) in [4.78, 5) is 29.9. The first kappa shape index (κ1) is 21.1. The first-order valence-electron chi connectivity index (χ1n) is 10.4. The summed E-state index contributed by atoms with van der Waals surface area (Å²) in [6.45, 7) is -0.0116. The molecule has 6 nitrogen and oxygen atoms in total. The zero-order valence-electron chi connectivity index (χ0n) is 17.8. The van der Waals surface area contributed by atoms with Gasteiger partial charge >= 0.3 is 0 Å². The molecule has 1 aliphatic rings. The normalized spacial score (nSPS) is 13.4. The fourth-order valence-corrected chi connectivity index (χ4v) is 3.90. The van der Waals surface area contributed by atoms with Gasteiger partial charge in [0.15, 0.2) is 0 Å². The molecule has 1 aromatic heterocycles. The summed E-state index contributed by atoms with van der Waals surface area (Å²) in [5.74, 6) is 2.52. The van der Waals surface area contributed by atoms with Crippen molar-refractivity contribution in [3.8, 4) is 18.1 Å². The SMILES string of the molecule is C#CCNC(=O)CNC(=O)c1c2c(nc3ccccc13)/C(=C\c1ccc(OC)cc1)CC2. The largest absolute Gasteiger partial charge is 0.497 e. The van der Waals surface area contributed by atoms with Crippen molar-refractivity contribution in [2.75, 3.05) is 20.2 Å². The molecule has 6 heteroatoms. The van der Waals surface area contributed by atoms with E-state index in [1.807, 2.05) is 48.5 Å². The quantitative estimate of drug-likeness (QED) is 0.595. The molecule has 0 aliphatic heterocycles. The molecular weight excluding hydrogens is 402 g/mol. The predicted molar refractivity (Wildman–Crippen MR) is 125 cm³/mol. The zero-order chi connectivity index (χ0) is 22.5. The highest BCUT2D eigenvalue weighted by atomic mass is 16.5. The zero-order valence-corrected chi connectivity index (χ0v) is 17.8. The van der Waals surface area contributed by atoms with Crippen LogP contribution >= 0.6 is 0 Å². The molecule has 0 bridgehead atoms. The van der Waals surface area contributed by atoms with Gasteiger partial charge in [-0.25, -0.2) is 4.98 Å². The maximum atomic E-state index is 13.1. The Morgan fingerprint density at radius 3 is 2.66 bits per heavy atom. The highest BCUT2D eigenvalue weighted by Crippen LogP contribution is 2.37. The van der Waals surface area contributed by atoms with Crippen molar-refractivity contribution in [2.24, 2.45) is 0 Å². The van der Waals surface area contributed by atoms with Gasteiger partial charge in [0.25, 0.3) is 5.91 Å². The molecule has 0 spiro atoms. The molecule has 2 amide bonds. The Balaban J connectivity index is 1.70. The van der Waals surface area contributed by atoms with Crippen LogP contribution in [0, 0.1) is 12.3 Å². The molecule has 160 valence electrons. The number of pyridine rings is 1. The van der Waals surface area contributed by atoms with E-state index >= 15 is 0 Å². The smallest absolute Gasteiger partial charge is 0.252 e. The number of nitrogens with zero attached hydrogens (tertiary/aromatic N) is 1. The van der Waals surface area contributed by atoms with Crippen LogP contribution < -0.4 is 15.4 Å². The third kappa shape index (κ3) is 4.33. The molecule has 2 aromatic carbocycles. The average molecular weight is 425 g/mol. The lowest BCUT2D eigenvalue weighted by atomic mass is 10.00. The average Bonchev–Trinajstić information content (AvgIpc) is 3.22. The van der Waals surface area contributed by atoms with E-state index in [1.54, 1.807) is 7.11 Å². The van der Waals surface area contributed by atoms with Gasteiger partial charge in [-0.05, 0) is 53.8 Å².